The Labute approximate surface area is 177 Å². The van der Waals surface area contributed by atoms with Crippen LogP contribution in [-0.2, 0) is 10.0 Å². The topological polar surface area (TPSA) is 78.6 Å². The Kier molecular flexibility index (Phi) is 5.40. The number of benzene rings is 3. The summed E-state index contributed by atoms with van der Waals surface area (Å²) in [7, 11) is -3.88. The molecule has 1 aliphatic heterocycles. The molecule has 0 saturated carbocycles. The number of hydrogen-bond acceptors (Lipinski definition) is 4. The fourth-order valence-corrected chi connectivity index (χ4v) is 4.17. The summed E-state index contributed by atoms with van der Waals surface area (Å²) >= 11 is 0. The minimum absolute atomic E-state index is 0.0845. The third-order valence-corrected chi connectivity index (χ3v) is 6.45. The van der Waals surface area contributed by atoms with Gasteiger partial charge in [-0.05, 0) is 53.9 Å². The fourth-order valence-electron chi connectivity index (χ4n) is 3.64. The predicted molar refractivity (Wildman–Crippen MR) is 109 cm³/mol. The van der Waals surface area contributed by atoms with Crippen molar-refractivity contribution in [1.29, 1.82) is 0 Å². The van der Waals surface area contributed by atoms with E-state index < -0.39 is 33.8 Å². The van der Waals surface area contributed by atoms with Gasteiger partial charge in [0, 0.05) is 5.56 Å². The molecule has 0 bridgehead atoms. The lowest BCUT2D eigenvalue weighted by molar-refractivity contribution is -0.0496. The van der Waals surface area contributed by atoms with Gasteiger partial charge in [0.05, 0.1) is 10.8 Å². The number of fused-ring (bicyclic) bond motifs is 3. The van der Waals surface area contributed by atoms with Gasteiger partial charge in [0.15, 0.2) is 0 Å². The van der Waals surface area contributed by atoms with Crippen molar-refractivity contribution in [3.8, 4) is 22.6 Å². The zero-order chi connectivity index (χ0) is 22.3. The number of sulfonamides is 1. The molecule has 0 aromatic heterocycles. The molecule has 31 heavy (non-hydrogen) atoms. The lowest BCUT2D eigenvalue weighted by Crippen LogP contribution is -2.21. The molecular formula is C22H18F3NO4S. The molecule has 3 aromatic rings. The van der Waals surface area contributed by atoms with Gasteiger partial charge in [-0.2, -0.15) is 8.78 Å². The quantitative estimate of drug-likeness (QED) is 0.599. The maximum atomic E-state index is 13.9. The van der Waals surface area contributed by atoms with Crippen molar-refractivity contribution in [1.82, 2.24) is 0 Å². The Hall–Kier alpha value is -3.04. The third kappa shape index (κ3) is 4.11. The Balaban J connectivity index is 1.94. The number of ether oxygens (including phenoxy) is 2. The maximum absolute atomic E-state index is 13.9. The van der Waals surface area contributed by atoms with Crippen LogP contribution in [0.25, 0.3) is 11.1 Å². The van der Waals surface area contributed by atoms with E-state index in [1.807, 2.05) is 0 Å². The summed E-state index contributed by atoms with van der Waals surface area (Å²) in [6.45, 7) is -1.60. The Morgan fingerprint density at radius 1 is 1.06 bits per heavy atom. The number of primary sulfonamides is 1. The van der Waals surface area contributed by atoms with Crippen LogP contribution in [0.2, 0.25) is 0 Å². The van der Waals surface area contributed by atoms with Crippen LogP contribution in [-0.4, -0.2) is 15.0 Å². The first-order valence-electron chi connectivity index (χ1n) is 9.31. The largest absolute Gasteiger partial charge is 0.480 e. The van der Waals surface area contributed by atoms with E-state index in [0.29, 0.717) is 27.8 Å². The van der Waals surface area contributed by atoms with Crippen LogP contribution in [0, 0.1) is 5.82 Å². The summed E-state index contributed by atoms with van der Waals surface area (Å²) in [6.07, 6.45) is -0.798. The van der Waals surface area contributed by atoms with Gasteiger partial charge in [-0.15, -0.1) is 0 Å². The fraction of sp³-hybridized carbons (Fsp3) is 0.182. The van der Waals surface area contributed by atoms with Gasteiger partial charge in [-0.25, -0.2) is 17.9 Å². The van der Waals surface area contributed by atoms with Crippen molar-refractivity contribution in [3.63, 3.8) is 0 Å². The van der Waals surface area contributed by atoms with Crippen LogP contribution >= 0.6 is 0 Å². The van der Waals surface area contributed by atoms with Gasteiger partial charge in [0.1, 0.15) is 23.4 Å². The molecule has 162 valence electrons. The molecular weight excluding hydrogens is 431 g/mol. The van der Waals surface area contributed by atoms with Gasteiger partial charge in [0.25, 0.3) is 0 Å². The molecule has 3 aromatic carbocycles. The molecule has 0 saturated heterocycles. The van der Waals surface area contributed by atoms with E-state index in [1.165, 1.54) is 37.3 Å². The van der Waals surface area contributed by atoms with Crippen LogP contribution in [0.4, 0.5) is 13.2 Å². The van der Waals surface area contributed by atoms with E-state index in [2.05, 4.69) is 4.74 Å². The summed E-state index contributed by atoms with van der Waals surface area (Å²) in [6, 6.07) is 15.0. The Bertz CT molecular complexity index is 1250. The first kappa shape index (κ1) is 21.2. The molecule has 1 heterocycles. The summed E-state index contributed by atoms with van der Waals surface area (Å²) < 4.78 is 74.3. The average Bonchev–Trinajstić information content (AvgIpc) is 2.71. The SMILES string of the molecule is CC(c1ccc2c(c1)C(c1cccc(F)c1)Oc1cccc(OC(F)F)c1-2)S(N)(=O)=O. The van der Waals surface area contributed by atoms with E-state index >= 15 is 0 Å². The molecule has 2 unspecified atom stereocenters. The summed E-state index contributed by atoms with van der Waals surface area (Å²) in [5.41, 5.74) is 2.17. The Morgan fingerprint density at radius 3 is 2.48 bits per heavy atom. The maximum Gasteiger partial charge on any atom is 0.387 e. The van der Waals surface area contributed by atoms with Crippen molar-refractivity contribution < 1.29 is 31.1 Å². The predicted octanol–water partition coefficient (Wildman–Crippen LogP) is 4.93. The van der Waals surface area contributed by atoms with E-state index in [0.717, 1.165) is 0 Å². The number of rotatable bonds is 5. The second kappa shape index (κ2) is 7.90. The normalized spacial score (nSPS) is 16.3. The van der Waals surface area contributed by atoms with Gasteiger partial charge in [0.2, 0.25) is 10.0 Å². The van der Waals surface area contributed by atoms with Crippen LogP contribution in [0.1, 0.15) is 35.0 Å². The highest BCUT2D eigenvalue weighted by molar-refractivity contribution is 7.89. The molecule has 9 heteroatoms. The molecule has 2 N–H and O–H groups in total. The van der Waals surface area contributed by atoms with Gasteiger partial charge in [-0.1, -0.05) is 30.3 Å². The summed E-state index contributed by atoms with van der Waals surface area (Å²) in [5, 5.41) is 4.28. The average molecular weight is 449 g/mol. The summed E-state index contributed by atoms with van der Waals surface area (Å²) in [4.78, 5) is 0. The smallest absolute Gasteiger partial charge is 0.387 e. The first-order chi connectivity index (χ1) is 14.6. The van der Waals surface area contributed by atoms with Gasteiger partial charge in [-0.3, -0.25) is 0 Å². The highest BCUT2D eigenvalue weighted by atomic mass is 32.2. The zero-order valence-electron chi connectivity index (χ0n) is 16.3. The third-order valence-electron chi connectivity index (χ3n) is 5.19. The minimum Gasteiger partial charge on any atom is -0.480 e. The first-order valence-corrected chi connectivity index (χ1v) is 10.9. The van der Waals surface area contributed by atoms with Crippen molar-refractivity contribution >= 4 is 10.0 Å². The van der Waals surface area contributed by atoms with Crippen molar-refractivity contribution in [2.24, 2.45) is 5.14 Å². The van der Waals surface area contributed by atoms with Crippen LogP contribution in [0.15, 0.2) is 60.7 Å². The molecule has 1 aliphatic rings. The van der Waals surface area contributed by atoms with Crippen molar-refractivity contribution in [3.05, 3.63) is 83.2 Å². The van der Waals surface area contributed by atoms with E-state index in [-0.39, 0.29) is 11.5 Å². The van der Waals surface area contributed by atoms with Crippen LogP contribution in [0.5, 0.6) is 11.5 Å². The molecule has 2 atom stereocenters. The van der Waals surface area contributed by atoms with Gasteiger partial charge >= 0.3 is 6.61 Å². The minimum atomic E-state index is -3.88. The monoisotopic (exact) mass is 449 g/mol. The van der Waals surface area contributed by atoms with Crippen molar-refractivity contribution in [2.45, 2.75) is 24.9 Å². The number of nitrogens with two attached hydrogens (primary N) is 1. The second-order valence-corrected chi connectivity index (χ2v) is 9.02. The van der Waals surface area contributed by atoms with E-state index in [1.54, 1.807) is 30.3 Å². The molecule has 4 rings (SSSR count). The number of alkyl halides is 2. The van der Waals surface area contributed by atoms with Crippen molar-refractivity contribution in [2.75, 3.05) is 0 Å². The van der Waals surface area contributed by atoms with Crippen LogP contribution < -0.4 is 14.6 Å². The lowest BCUT2D eigenvalue weighted by Gasteiger charge is -2.31. The highest BCUT2D eigenvalue weighted by Gasteiger charge is 2.32. The zero-order valence-corrected chi connectivity index (χ0v) is 17.1. The molecule has 0 aliphatic carbocycles. The lowest BCUT2D eigenvalue weighted by atomic mass is 9.87. The highest BCUT2D eigenvalue weighted by Crippen LogP contribution is 2.49. The standard InChI is InChI=1S/C22H18F3NO4S/c1-12(31(26,27)28)13-8-9-16-17(11-13)21(14-4-2-5-15(23)10-14)29-18-6-3-7-19(20(16)18)30-22(24)25/h2-12,21-22H,1H3,(H2,26,27,28). The Morgan fingerprint density at radius 2 is 1.81 bits per heavy atom. The molecule has 5 nitrogen and oxygen atoms in total. The molecule has 0 amide bonds. The molecule has 0 fully saturated rings. The van der Waals surface area contributed by atoms with Crippen LogP contribution in [0.3, 0.4) is 0 Å². The van der Waals surface area contributed by atoms with Gasteiger partial charge < -0.3 is 9.47 Å². The summed E-state index contributed by atoms with van der Waals surface area (Å²) in [5.74, 6) is -0.275. The van der Waals surface area contributed by atoms with E-state index in [4.69, 9.17) is 9.88 Å². The number of hydrogen-bond donors (Lipinski definition) is 1. The molecule has 0 radical (unpaired) electrons. The number of halogens is 3. The second-order valence-electron chi connectivity index (χ2n) is 7.14. The molecule has 0 spiro atoms. The van der Waals surface area contributed by atoms with E-state index in [9.17, 15) is 21.6 Å².